The van der Waals surface area contributed by atoms with Gasteiger partial charge in [-0.3, -0.25) is 0 Å². The normalized spacial score (nSPS) is 5.50. The molecule has 0 heterocycles. The summed E-state index contributed by atoms with van der Waals surface area (Å²) in [6.07, 6.45) is 0. The van der Waals surface area contributed by atoms with Crippen molar-refractivity contribution in [1.82, 2.24) is 0 Å². The molecule has 0 saturated carbocycles. The molecule has 0 saturated heterocycles. The summed E-state index contributed by atoms with van der Waals surface area (Å²) in [6.45, 7) is 0. The summed E-state index contributed by atoms with van der Waals surface area (Å²) in [6, 6.07) is 0. The predicted octanol–water partition coefficient (Wildman–Crippen LogP) is -6.89. The van der Waals surface area contributed by atoms with Crippen LogP contribution in [0.1, 0.15) is 0 Å². The van der Waals surface area contributed by atoms with Crippen molar-refractivity contribution in [2.75, 3.05) is 0 Å². The molecule has 0 aromatic rings. The van der Waals surface area contributed by atoms with E-state index >= 15 is 0 Å². The maximum atomic E-state index is 8.93. The number of hydrogen-bond donors (Lipinski definition) is 0. The first-order chi connectivity index (χ1) is 2.64. The van der Waals surface area contributed by atoms with Crippen molar-refractivity contribution in [3.63, 3.8) is 0 Å². The molecule has 0 bridgehead atoms. The van der Waals surface area contributed by atoms with Crippen molar-refractivity contribution < 1.29 is 24.5 Å². The maximum Gasteiger partial charge on any atom is 3.00 e. The molecule has 0 rings (SSSR count). The molecule has 0 unspecified atom stereocenters. The van der Waals surface area contributed by atoms with E-state index in [9.17, 15) is 0 Å². The van der Waals surface area contributed by atoms with Crippen molar-refractivity contribution >= 4 is 31.7 Å². The van der Waals surface area contributed by atoms with Gasteiger partial charge in [-0.1, -0.05) is 0 Å². The zero-order valence-corrected chi connectivity index (χ0v) is 6.01. The second kappa shape index (κ2) is 6.51. The van der Waals surface area contributed by atoms with Crippen LogP contribution >= 0.6 is 0 Å². The Morgan fingerprint density at radius 2 is 1.12 bits per heavy atom. The van der Waals surface area contributed by atoms with Crippen LogP contribution in [0.25, 0.3) is 0 Å². The monoisotopic (exact) mass is 176 g/mol. The third-order valence-corrected chi connectivity index (χ3v) is 0.167. The first-order valence-corrected chi connectivity index (χ1v) is 1.07. The summed E-state index contributed by atoms with van der Waals surface area (Å²) < 4.78 is 0. The molecular formula is C2FGaO4. The van der Waals surface area contributed by atoms with Gasteiger partial charge in [-0.15, -0.1) is 0 Å². The summed E-state index contributed by atoms with van der Waals surface area (Å²) >= 11 is 0. The van der Waals surface area contributed by atoms with Gasteiger partial charge in [-0.2, -0.15) is 0 Å². The topological polar surface area (TPSA) is 80.3 Å². The fourth-order valence-electron chi connectivity index (χ4n) is 0. The Morgan fingerprint density at radius 1 is 1.00 bits per heavy atom. The number of halogens is 1. The molecule has 8 heavy (non-hydrogen) atoms. The van der Waals surface area contributed by atoms with Crippen molar-refractivity contribution in [2.24, 2.45) is 0 Å². The van der Waals surface area contributed by atoms with Gasteiger partial charge in [0.15, 0.2) is 0 Å². The van der Waals surface area contributed by atoms with Crippen molar-refractivity contribution in [1.29, 1.82) is 0 Å². The van der Waals surface area contributed by atoms with Crippen LogP contribution < -0.4 is 14.9 Å². The molecular weight excluding hydrogens is 177 g/mol. The fraction of sp³-hybridized carbons (Fsp3) is 0. The molecule has 0 amide bonds. The van der Waals surface area contributed by atoms with Crippen LogP contribution in [-0.4, -0.2) is 31.7 Å². The third kappa shape index (κ3) is 9.10. The minimum absolute atomic E-state index is 0. The van der Waals surface area contributed by atoms with Gasteiger partial charge in [0.1, 0.15) is 0 Å². The van der Waals surface area contributed by atoms with Crippen LogP contribution in [0, 0.1) is 0 Å². The molecule has 0 atom stereocenters. The van der Waals surface area contributed by atoms with Gasteiger partial charge in [0, 0.05) is 0 Å². The van der Waals surface area contributed by atoms with E-state index in [2.05, 4.69) is 0 Å². The molecule has 0 aliphatic heterocycles. The molecule has 42 valence electrons. The fourth-order valence-corrected chi connectivity index (χ4v) is 0. The van der Waals surface area contributed by atoms with Gasteiger partial charge in [-0.25, -0.2) is 0 Å². The molecule has 6 heteroatoms. The van der Waals surface area contributed by atoms with E-state index in [0.717, 1.165) is 0 Å². The number of rotatable bonds is 0. The second-order valence-electron chi connectivity index (χ2n) is 0.575. The smallest absolute Gasteiger partial charge is 1.00 e. The number of carboxylic acid groups (broad SMARTS) is 2. The first kappa shape index (κ1) is 15.6. The van der Waals surface area contributed by atoms with Crippen molar-refractivity contribution in [3.05, 3.63) is 0 Å². The van der Waals surface area contributed by atoms with Crippen LogP contribution in [0.4, 0.5) is 0 Å². The van der Waals surface area contributed by atoms with Gasteiger partial charge in [0.2, 0.25) is 0 Å². The summed E-state index contributed by atoms with van der Waals surface area (Å²) in [5.41, 5.74) is 0. The zero-order valence-electron chi connectivity index (χ0n) is 3.59. The minimum Gasteiger partial charge on any atom is -1.00 e. The standard InChI is InChI=1S/C2H2O4.FH.Ga/c3-1(4)2(5)6;;/h(H,3,4)(H,5,6);1H;/q;;+3/p-3. The molecule has 0 aliphatic carbocycles. The Labute approximate surface area is 56.9 Å². The van der Waals surface area contributed by atoms with E-state index in [4.69, 9.17) is 19.8 Å². The number of hydrogen-bond acceptors (Lipinski definition) is 4. The zero-order chi connectivity index (χ0) is 5.15. The van der Waals surface area contributed by atoms with Gasteiger partial charge in [0.25, 0.3) is 0 Å². The molecule has 0 radical (unpaired) electrons. The van der Waals surface area contributed by atoms with Gasteiger partial charge in [-0.05, 0) is 0 Å². The number of aliphatic carboxylic acids is 2. The summed E-state index contributed by atoms with van der Waals surface area (Å²) in [7, 11) is 0. The number of carbonyl (C=O) groups is 2. The van der Waals surface area contributed by atoms with Gasteiger partial charge in [0.05, 0.1) is 11.9 Å². The van der Waals surface area contributed by atoms with Crippen molar-refractivity contribution in [3.8, 4) is 0 Å². The number of carbonyl (C=O) groups excluding carboxylic acids is 2. The Bertz CT molecular complexity index is 80.0. The SMILES string of the molecule is O=C([O-])C(=O)[O-].[F-].[Ga+3]. The Kier molecular flexibility index (Phi) is 12.7. The Hall–Kier alpha value is -0.494. The molecule has 0 spiro atoms. The van der Waals surface area contributed by atoms with Crippen LogP contribution in [0.2, 0.25) is 0 Å². The van der Waals surface area contributed by atoms with E-state index in [0.29, 0.717) is 0 Å². The number of carboxylic acids is 2. The van der Waals surface area contributed by atoms with E-state index in [1.807, 2.05) is 0 Å². The molecule has 0 aromatic heterocycles. The molecule has 4 nitrogen and oxygen atoms in total. The van der Waals surface area contributed by atoms with E-state index < -0.39 is 11.9 Å². The molecule has 0 fully saturated rings. The van der Waals surface area contributed by atoms with E-state index in [1.54, 1.807) is 0 Å². The predicted molar refractivity (Wildman–Crippen MR) is 15.8 cm³/mol. The third-order valence-electron chi connectivity index (χ3n) is 0.167. The summed E-state index contributed by atoms with van der Waals surface area (Å²) in [5, 5.41) is 17.9. The van der Waals surface area contributed by atoms with E-state index in [1.165, 1.54) is 0 Å². The van der Waals surface area contributed by atoms with Crippen LogP contribution in [0.15, 0.2) is 0 Å². The maximum absolute atomic E-state index is 8.93. The molecule has 0 aliphatic rings. The van der Waals surface area contributed by atoms with Crippen LogP contribution in [-0.2, 0) is 9.59 Å². The first-order valence-electron chi connectivity index (χ1n) is 1.07. The summed E-state index contributed by atoms with van der Waals surface area (Å²) in [5.74, 6) is -4.37. The molecule has 0 N–H and O–H groups in total. The molecule has 0 aromatic carbocycles. The minimum atomic E-state index is -2.19. The van der Waals surface area contributed by atoms with E-state index in [-0.39, 0.29) is 24.5 Å². The second-order valence-corrected chi connectivity index (χ2v) is 0.575. The van der Waals surface area contributed by atoms with Gasteiger partial charge >= 0.3 is 19.8 Å². The van der Waals surface area contributed by atoms with Crippen LogP contribution in [0.5, 0.6) is 0 Å². The van der Waals surface area contributed by atoms with Crippen LogP contribution in [0.3, 0.4) is 0 Å². The average Bonchev–Trinajstić information content (AvgIpc) is 1.36. The largest absolute Gasteiger partial charge is 3.00 e. The Morgan fingerprint density at radius 3 is 1.12 bits per heavy atom. The quantitative estimate of drug-likeness (QED) is 0.272. The average molecular weight is 177 g/mol. The van der Waals surface area contributed by atoms with Crippen molar-refractivity contribution in [2.45, 2.75) is 0 Å². The summed E-state index contributed by atoms with van der Waals surface area (Å²) in [4.78, 5) is 17.9. The van der Waals surface area contributed by atoms with Gasteiger partial charge < -0.3 is 24.5 Å². The Balaban J connectivity index is -0.000000125.